The lowest BCUT2D eigenvalue weighted by Gasteiger charge is -2.19. The summed E-state index contributed by atoms with van der Waals surface area (Å²) in [5.74, 6) is -0.806. The number of rotatable bonds is 6. The molecule has 0 radical (unpaired) electrons. The Bertz CT molecular complexity index is 1180. The Labute approximate surface area is 180 Å². The fourth-order valence-corrected chi connectivity index (χ4v) is 4.12. The number of aryl methyl sites for hydroxylation is 1. The van der Waals surface area contributed by atoms with Crippen molar-refractivity contribution in [1.82, 2.24) is 4.90 Å². The fourth-order valence-electron chi connectivity index (χ4n) is 2.87. The van der Waals surface area contributed by atoms with Crippen molar-refractivity contribution < 1.29 is 17.6 Å². The highest BCUT2D eigenvalue weighted by Crippen LogP contribution is 2.24. The molecule has 156 valence electrons. The van der Waals surface area contributed by atoms with E-state index < -0.39 is 15.9 Å². The molecule has 3 rings (SSSR count). The van der Waals surface area contributed by atoms with Gasteiger partial charge in [-0.1, -0.05) is 41.4 Å². The molecule has 8 heteroatoms. The Morgan fingerprint density at radius 2 is 1.77 bits per heavy atom. The first kappa shape index (κ1) is 21.8. The molecule has 0 heterocycles. The zero-order valence-electron chi connectivity index (χ0n) is 16.4. The lowest BCUT2D eigenvalue weighted by molar-refractivity contribution is 0.0785. The van der Waals surface area contributed by atoms with Gasteiger partial charge in [-0.25, -0.2) is 12.8 Å². The lowest BCUT2D eigenvalue weighted by Crippen LogP contribution is -2.26. The maximum Gasteiger partial charge on any atom is 0.261 e. The van der Waals surface area contributed by atoms with E-state index in [0.29, 0.717) is 5.56 Å². The van der Waals surface area contributed by atoms with Gasteiger partial charge in [-0.15, -0.1) is 0 Å². The van der Waals surface area contributed by atoms with Crippen LogP contribution in [-0.2, 0) is 16.6 Å². The van der Waals surface area contributed by atoms with Gasteiger partial charge in [0.25, 0.3) is 15.9 Å². The van der Waals surface area contributed by atoms with E-state index in [9.17, 15) is 17.6 Å². The molecule has 0 fully saturated rings. The van der Waals surface area contributed by atoms with E-state index in [0.717, 1.165) is 5.56 Å². The molecule has 0 saturated carbocycles. The second-order valence-electron chi connectivity index (χ2n) is 6.90. The molecule has 0 aliphatic rings. The second-order valence-corrected chi connectivity index (χ2v) is 8.99. The highest BCUT2D eigenvalue weighted by Gasteiger charge is 2.19. The van der Waals surface area contributed by atoms with Crippen molar-refractivity contribution in [3.05, 3.63) is 94.3 Å². The Kier molecular flexibility index (Phi) is 6.43. The molecule has 30 heavy (non-hydrogen) atoms. The Balaban J connectivity index is 1.82. The van der Waals surface area contributed by atoms with Gasteiger partial charge in [0.1, 0.15) is 5.82 Å². The third kappa shape index (κ3) is 5.17. The molecule has 0 aliphatic heterocycles. The fraction of sp³-hybridized carbons (Fsp3) is 0.136. The summed E-state index contributed by atoms with van der Waals surface area (Å²) in [6.45, 7) is 2.04. The highest BCUT2D eigenvalue weighted by atomic mass is 35.5. The Morgan fingerprint density at radius 3 is 2.43 bits per heavy atom. The smallest absolute Gasteiger partial charge is 0.261 e. The molecule has 3 aromatic carbocycles. The van der Waals surface area contributed by atoms with Gasteiger partial charge in [0.2, 0.25) is 0 Å². The predicted molar refractivity (Wildman–Crippen MR) is 116 cm³/mol. The third-order valence-corrected chi connectivity index (χ3v) is 6.16. The summed E-state index contributed by atoms with van der Waals surface area (Å²) in [7, 11) is -2.26. The average molecular weight is 447 g/mol. The van der Waals surface area contributed by atoms with Gasteiger partial charge in [0.15, 0.2) is 0 Å². The van der Waals surface area contributed by atoms with Crippen LogP contribution in [0.5, 0.6) is 0 Å². The van der Waals surface area contributed by atoms with Crippen LogP contribution >= 0.6 is 11.6 Å². The Hall–Kier alpha value is -2.90. The van der Waals surface area contributed by atoms with E-state index >= 15 is 0 Å². The monoisotopic (exact) mass is 446 g/mol. The third-order valence-electron chi connectivity index (χ3n) is 4.44. The number of halogens is 2. The summed E-state index contributed by atoms with van der Waals surface area (Å²) < 4.78 is 41.1. The molecule has 0 saturated heterocycles. The molecule has 0 aliphatic carbocycles. The van der Waals surface area contributed by atoms with Crippen LogP contribution in [0.1, 0.15) is 21.5 Å². The van der Waals surface area contributed by atoms with Gasteiger partial charge >= 0.3 is 0 Å². The van der Waals surface area contributed by atoms with E-state index in [1.807, 2.05) is 6.92 Å². The summed E-state index contributed by atoms with van der Waals surface area (Å²) in [5, 5.41) is 0.185. The van der Waals surface area contributed by atoms with Crippen LogP contribution < -0.4 is 4.72 Å². The van der Waals surface area contributed by atoms with Gasteiger partial charge in [0.05, 0.1) is 15.5 Å². The summed E-state index contributed by atoms with van der Waals surface area (Å²) >= 11 is 6.18. The minimum atomic E-state index is -3.82. The van der Waals surface area contributed by atoms with Crippen LogP contribution in [0, 0.1) is 12.7 Å². The minimum Gasteiger partial charge on any atom is -0.337 e. The normalized spacial score (nSPS) is 11.2. The molecule has 0 unspecified atom stereocenters. The summed E-state index contributed by atoms with van der Waals surface area (Å²) in [6, 6.07) is 16.7. The van der Waals surface area contributed by atoms with Crippen LogP contribution in [0.4, 0.5) is 10.1 Å². The maximum atomic E-state index is 13.4. The predicted octanol–water partition coefficient (Wildman–Crippen LogP) is 4.86. The van der Waals surface area contributed by atoms with E-state index in [4.69, 9.17) is 11.6 Å². The number of nitrogens with one attached hydrogen (secondary N) is 1. The van der Waals surface area contributed by atoms with E-state index in [1.165, 1.54) is 47.4 Å². The summed E-state index contributed by atoms with van der Waals surface area (Å²) in [4.78, 5) is 14.3. The van der Waals surface area contributed by atoms with Crippen molar-refractivity contribution in [1.29, 1.82) is 0 Å². The zero-order valence-corrected chi connectivity index (χ0v) is 18.0. The van der Waals surface area contributed by atoms with Crippen LogP contribution in [0.25, 0.3) is 0 Å². The van der Waals surface area contributed by atoms with E-state index in [1.54, 1.807) is 31.3 Å². The van der Waals surface area contributed by atoms with Crippen molar-refractivity contribution in [2.24, 2.45) is 0 Å². The van der Waals surface area contributed by atoms with Crippen LogP contribution in [0.15, 0.2) is 71.6 Å². The quantitative estimate of drug-likeness (QED) is 0.588. The second kappa shape index (κ2) is 8.85. The average Bonchev–Trinajstić information content (AvgIpc) is 2.69. The van der Waals surface area contributed by atoms with E-state index in [2.05, 4.69) is 4.72 Å². The summed E-state index contributed by atoms with van der Waals surface area (Å²) in [6.07, 6.45) is 0. The zero-order chi connectivity index (χ0) is 21.9. The van der Waals surface area contributed by atoms with Crippen molar-refractivity contribution in [3.63, 3.8) is 0 Å². The van der Waals surface area contributed by atoms with Crippen molar-refractivity contribution in [2.45, 2.75) is 18.4 Å². The van der Waals surface area contributed by atoms with Gasteiger partial charge < -0.3 is 4.90 Å². The number of carbonyl (C=O) groups excluding carboxylic acids is 1. The maximum absolute atomic E-state index is 13.4. The number of hydrogen-bond donors (Lipinski definition) is 1. The number of hydrogen-bond acceptors (Lipinski definition) is 3. The van der Waals surface area contributed by atoms with Gasteiger partial charge in [-0.05, 0) is 55.0 Å². The molecular formula is C22H20ClFN2O3S. The lowest BCUT2D eigenvalue weighted by atomic mass is 10.1. The Morgan fingerprint density at radius 1 is 1.07 bits per heavy atom. The topological polar surface area (TPSA) is 66.5 Å². The highest BCUT2D eigenvalue weighted by molar-refractivity contribution is 7.92. The molecule has 0 spiro atoms. The van der Waals surface area contributed by atoms with Gasteiger partial charge in [-0.3, -0.25) is 9.52 Å². The molecule has 3 aromatic rings. The molecule has 0 atom stereocenters. The molecule has 5 nitrogen and oxygen atoms in total. The minimum absolute atomic E-state index is 0.110. The van der Waals surface area contributed by atoms with Crippen molar-refractivity contribution >= 4 is 33.2 Å². The van der Waals surface area contributed by atoms with Crippen molar-refractivity contribution in [3.8, 4) is 0 Å². The molecule has 0 bridgehead atoms. The number of nitrogens with zero attached hydrogens (tertiary/aromatic N) is 1. The first-order valence-corrected chi connectivity index (χ1v) is 10.9. The number of carbonyl (C=O) groups is 1. The molecule has 0 aromatic heterocycles. The number of benzene rings is 3. The van der Waals surface area contributed by atoms with Crippen molar-refractivity contribution in [2.75, 3.05) is 11.8 Å². The van der Waals surface area contributed by atoms with Gasteiger partial charge in [0, 0.05) is 19.3 Å². The van der Waals surface area contributed by atoms with Gasteiger partial charge in [-0.2, -0.15) is 0 Å². The number of anilines is 1. The molecule has 1 N–H and O–H groups in total. The number of sulfonamides is 1. The SMILES string of the molecule is Cc1ccc(S(=O)(=O)Nc2ccc(Cl)c(C(=O)N(C)Cc3cccc(F)c3)c2)cc1. The van der Waals surface area contributed by atoms with Crippen LogP contribution in [0.3, 0.4) is 0 Å². The first-order chi connectivity index (χ1) is 14.2. The van der Waals surface area contributed by atoms with Crippen LogP contribution in [-0.4, -0.2) is 26.3 Å². The van der Waals surface area contributed by atoms with Crippen LogP contribution in [0.2, 0.25) is 5.02 Å². The molecule has 1 amide bonds. The summed E-state index contributed by atoms with van der Waals surface area (Å²) in [5.41, 5.74) is 1.91. The first-order valence-electron chi connectivity index (χ1n) is 9.05. The van der Waals surface area contributed by atoms with E-state index in [-0.39, 0.29) is 33.5 Å². The number of amides is 1. The molecular weight excluding hydrogens is 427 g/mol. The standard InChI is InChI=1S/C22H20ClFN2O3S/c1-15-6-9-19(10-7-15)30(28,29)25-18-8-11-21(23)20(13-18)22(27)26(2)14-16-4-3-5-17(24)12-16/h3-13,25H,14H2,1-2H3. The largest absolute Gasteiger partial charge is 0.337 e.